The van der Waals surface area contributed by atoms with Crippen LogP contribution < -0.4 is 4.90 Å². The van der Waals surface area contributed by atoms with E-state index in [1.54, 1.807) is 6.07 Å². The largest absolute Gasteiger partial charge is 0.378 e. The zero-order valence-corrected chi connectivity index (χ0v) is 7.85. The third kappa shape index (κ3) is 1.75. The van der Waals surface area contributed by atoms with Crippen LogP contribution in [0.2, 0.25) is 0 Å². The van der Waals surface area contributed by atoms with Crippen LogP contribution in [-0.2, 0) is 4.74 Å². The Bertz CT molecular complexity index is 322. The summed E-state index contributed by atoms with van der Waals surface area (Å²) in [6.45, 7) is 3.08. The van der Waals surface area contributed by atoms with Crippen LogP contribution in [0, 0.1) is 4.91 Å². The first-order valence-electron chi connectivity index (χ1n) is 4.67. The van der Waals surface area contributed by atoms with Gasteiger partial charge >= 0.3 is 0 Å². The van der Waals surface area contributed by atoms with Crippen LogP contribution in [0.25, 0.3) is 0 Å². The minimum Gasteiger partial charge on any atom is -0.378 e. The molecule has 0 bridgehead atoms. The second-order valence-electron chi connectivity index (χ2n) is 3.18. The molecule has 1 aliphatic rings. The van der Waals surface area contributed by atoms with E-state index < -0.39 is 0 Å². The van der Waals surface area contributed by atoms with Crippen LogP contribution in [0.15, 0.2) is 29.4 Å². The Hall–Kier alpha value is -1.42. The van der Waals surface area contributed by atoms with E-state index in [2.05, 4.69) is 10.1 Å². The molecule has 0 atom stereocenters. The second-order valence-corrected chi connectivity index (χ2v) is 3.18. The van der Waals surface area contributed by atoms with Gasteiger partial charge in [0.05, 0.1) is 18.9 Å². The summed E-state index contributed by atoms with van der Waals surface area (Å²) in [7, 11) is 0. The maximum atomic E-state index is 10.6. The molecule has 1 heterocycles. The van der Waals surface area contributed by atoms with E-state index in [1.165, 1.54) is 0 Å². The van der Waals surface area contributed by atoms with Gasteiger partial charge in [-0.05, 0) is 17.3 Å². The number of anilines is 1. The molecule has 74 valence electrons. The number of ether oxygens (including phenoxy) is 1. The van der Waals surface area contributed by atoms with Crippen molar-refractivity contribution in [2.45, 2.75) is 0 Å². The van der Waals surface area contributed by atoms with Crippen molar-refractivity contribution in [1.29, 1.82) is 0 Å². The smallest absolute Gasteiger partial charge is 0.131 e. The molecule has 1 aromatic rings. The van der Waals surface area contributed by atoms with E-state index >= 15 is 0 Å². The lowest BCUT2D eigenvalue weighted by Crippen LogP contribution is -2.36. The Morgan fingerprint density at radius 2 is 1.93 bits per heavy atom. The molecule has 1 fully saturated rings. The number of nitrogens with zero attached hydrogens (tertiary/aromatic N) is 2. The number of nitroso groups, excluding NO2 is 1. The number of rotatable bonds is 2. The summed E-state index contributed by atoms with van der Waals surface area (Å²) in [6.07, 6.45) is 0. The van der Waals surface area contributed by atoms with E-state index in [0.717, 1.165) is 18.8 Å². The third-order valence-electron chi connectivity index (χ3n) is 2.33. The molecule has 1 aromatic carbocycles. The van der Waals surface area contributed by atoms with Gasteiger partial charge in [-0.3, -0.25) is 0 Å². The molecule has 0 amide bonds. The van der Waals surface area contributed by atoms with E-state index in [-0.39, 0.29) is 0 Å². The Morgan fingerprint density at radius 1 is 1.21 bits per heavy atom. The first kappa shape index (κ1) is 9.15. The molecular weight excluding hydrogens is 180 g/mol. The van der Waals surface area contributed by atoms with E-state index in [0.29, 0.717) is 18.9 Å². The summed E-state index contributed by atoms with van der Waals surface area (Å²) in [5.41, 5.74) is 1.42. The summed E-state index contributed by atoms with van der Waals surface area (Å²) < 4.78 is 5.24. The highest BCUT2D eigenvalue weighted by atomic mass is 16.5. The summed E-state index contributed by atoms with van der Waals surface area (Å²) in [5, 5.41) is 3.01. The monoisotopic (exact) mass is 192 g/mol. The van der Waals surface area contributed by atoms with Crippen molar-refractivity contribution in [3.05, 3.63) is 29.2 Å². The molecule has 1 saturated heterocycles. The molecular formula is C10H12N2O2. The topological polar surface area (TPSA) is 41.9 Å². The first-order valence-corrected chi connectivity index (χ1v) is 4.67. The molecule has 0 saturated carbocycles. The van der Waals surface area contributed by atoms with Gasteiger partial charge in [-0.25, -0.2) is 0 Å². The zero-order valence-electron chi connectivity index (χ0n) is 7.85. The van der Waals surface area contributed by atoms with E-state index in [9.17, 15) is 4.91 Å². The highest BCUT2D eigenvalue weighted by Crippen LogP contribution is 2.28. The van der Waals surface area contributed by atoms with E-state index in [4.69, 9.17) is 4.74 Å². The van der Waals surface area contributed by atoms with Crippen LogP contribution >= 0.6 is 0 Å². The SMILES string of the molecule is O=Nc1ccccc1N1CCOCC1. The molecule has 0 aromatic heterocycles. The Balaban J connectivity index is 2.24. The maximum absolute atomic E-state index is 10.6. The molecule has 4 heteroatoms. The predicted molar refractivity (Wildman–Crippen MR) is 54.9 cm³/mol. The number of para-hydroxylation sites is 1. The van der Waals surface area contributed by atoms with Crippen molar-refractivity contribution < 1.29 is 4.74 Å². The van der Waals surface area contributed by atoms with Crippen molar-refractivity contribution in [1.82, 2.24) is 0 Å². The number of hydrogen-bond donors (Lipinski definition) is 0. The minimum absolute atomic E-state index is 0.509. The molecule has 0 N–H and O–H groups in total. The lowest BCUT2D eigenvalue weighted by molar-refractivity contribution is 0.123. The zero-order chi connectivity index (χ0) is 9.80. The van der Waals surface area contributed by atoms with Gasteiger partial charge < -0.3 is 9.64 Å². The van der Waals surface area contributed by atoms with Crippen molar-refractivity contribution in [3.63, 3.8) is 0 Å². The Labute approximate surface area is 82.5 Å². The van der Waals surface area contributed by atoms with Crippen molar-refractivity contribution in [2.75, 3.05) is 31.2 Å². The van der Waals surface area contributed by atoms with Gasteiger partial charge in [-0.1, -0.05) is 12.1 Å². The first-order chi connectivity index (χ1) is 6.92. The molecule has 0 unspecified atom stereocenters. The second kappa shape index (κ2) is 4.19. The molecule has 0 radical (unpaired) electrons. The molecule has 4 nitrogen and oxygen atoms in total. The summed E-state index contributed by atoms with van der Waals surface area (Å²) in [5.74, 6) is 0. The number of hydrogen-bond acceptors (Lipinski definition) is 4. The molecule has 2 rings (SSSR count). The Morgan fingerprint density at radius 3 is 2.64 bits per heavy atom. The lowest BCUT2D eigenvalue weighted by atomic mass is 10.2. The highest BCUT2D eigenvalue weighted by Gasteiger charge is 2.14. The van der Waals surface area contributed by atoms with E-state index in [1.807, 2.05) is 18.2 Å². The summed E-state index contributed by atoms with van der Waals surface area (Å²) in [4.78, 5) is 12.7. The quantitative estimate of drug-likeness (QED) is 0.672. The number of morpholine rings is 1. The normalized spacial score (nSPS) is 16.7. The third-order valence-corrected chi connectivity index (χ3v) is 2.33. The van der Waals surface area contributed by atoms with Gasteiger partial charge in [0.1, 0.15) is 5.69 Å². The fourth-order valence-electron chi connectivity index (χ4n) is 1.61. The molecule has 0 spiro atoms. The molecule has 0 aliphatic carbocycles. The average Bonchev–Trinajstić information content (AvgIpc) is 2.30. The van der Waals surface area contributed by atoms with Crippen LogP contribution in [0.1, 0.15) is 0 Å². The van der Waals surface area contributed by atoms with Gasteiger partial charge in [-0.2, -0.15) is 0 Å². The predicted octanol–water partition coefficient (Wildman–Crippen LogP) is 1.92. The van der Waals surface area contributed by atoms with Gasteiger partial charge in [0.25, 0.3) is 0 Å². The fourth-order valence-corrected chi connectivity index (χ4v) is 1.61. The van der Waals surface area contributed by atoms with Gasteiger partial charge in [0, 0.05) is 13.1 Å². The van der Waals surface area contributed by atoms with Crippen LogP contribution in [0.4, 0.5) is 11.4 Å². The minimum atomic E-state index is 0.509. The lowest BCUT2D eigenvalue weighted by Gasteiger charge is -2.29. The van der Waals surface area contributed by atoms with Gasteiger partial charge in [0.2, 0.25) is 0 Å². The highest BCUT2D eigenvalue weighted by molar-refractivity contribution is 5.66. The van der Waals surface area contributed by atoms with Crippen LogP contribution in [0.5, 0.6) is 0 Å². The van der Waals surface area contributed by atoms with Crippen molar-refractivity contribution >= 4 is 11.4 Å². The average molecular weight is 192 g/mol. The fraction of sp³-hybridized carbons (Fsp3) is 0.400. The van der Waals surface area contributed by atoms with Gasteiger partial charge in [0.15, 0.2) is 0 Å². The van der Waals surface area contributed by atoms with Crippen LogP contribution in [0.3, 0.4) is 0 Å². The standard InChI is InChI=1S/C10H12N2O2/c13-11-9-3-1-2-4-10(9)12-5-7-14-8-6-12/h1-4H,5-8H2. The summed E-state index contributed by atoms with van der Waals surface area (Å²) in [6, 6.07) is 7.39. The van der Waals surface area contributed by atoms with Gasteiger partial charge in [-0.15, -0.1) is 4.91 Å². The summed E-state index contributed by atoms with van der Waals surface area (Å²) >= 11 is 0. The number of benzene rings is 1. The van der Waals surface area contributed by atoms with Crippen molar-refractivity contribution in [3.8, 4) is 0 Å². The van der Waals surface area contributed by atoms with Crippen LogP contribution in [-0.4, -0.2) is 26.3 Å². The molecule has 14 heavy (non-hydrogen) atoms. The molecule has 1 aliphatic heterocycles. The maximum Gasteiger partial charge on any atom is 0.131 e. The van der Waals surface area contributed by atoms with Crippen molar-refractivity contribution in [2.24, 2.45) is 5.18 Å². The Kier molecular flexibility index (Phi) is 2.74.